The Morgan fingerprint density at radius 1 is 1.10 bits per heavy atom. The maximum atomic E-state index is 5.38. The van der Waals surface area contributed by atoms with Gasteiger partial charge in [-0.2, -0.15) is 0 Å². The average Bonchev–Trinajstić information content (AvgIpc) is 3.31. The van der Waals surface area contributed by atoms with Gasteiger partial charge in [-0.15, -0.1) is 0 Å². The molecule has 0 amide bonds. The van der Waals surface area contributed by atoms with E-state index < -0.39 is 0 Å². The zero-order valence-electron chi connectivity index (χ0n) is 12.9. The van der Waals surface area contributed by atoms with E-state index in [1.165, 1.54) is 19.3 Å². The summed E-state index contributed by atoms with van der Waals surface area (Å²) in [7, 11) is 4.92. The highest BCUT2D eigenvalue weighted by Gasteiger charge is 2.29. The van der Waals surface area contributed by atoms with Gasteiger partial charge in [0, 0.05) is 12.6 Å². The van der Waals surface area contributed by atoms with Crippen molar-refractivity contribution in [2.75, 3.05) is 21.3 Å². The van der Waals surface area contributed by atoms with Crippen molar-refractivity contribution in [3.05, 3.63) is 17.7 Å². The third kappa shape index (κ3) is 3.37. The summed E-state index contributed by atoms with van der Waals surface area (Å²) in [6.07, 6.45) is 3.90. The molecule has 0 saturated heterocycles. The summed E-state index contributed by atoms with van der Waals surface area (Å²) in [5, 5.41) is 3.64. The van der Waals surface area contributed by atoms with Crippen molar-refractivity contribution in [2.24, 2.45) is 5.92 Å². The van der Waals surface area contributed by atoms with Crippen molar-refractivity contribution >= 4 is 0 Å². The molecule has 0 radical (unpaired) electrons. The van der Waals surface area contributed by atoms with Crippen LogP contribution in [-0.2, 0) is 6.54 Å². The third-order valence-corrected chi connectivity index (χ3v) is 3.92. The largest absolute Gasteiger partial charge is 0.493 e. The van der Waals surface area contributed by atoms with Crippen LogP contribution < -0.4 is 19.5 Å². The van der Waals surface area contributed by atoms with Gasteiger partial charge in [0.25, 0.3) is 0 Å². The van der Waals surface area contributed by atoms with Crippen molar-refractivity contribution in [1.82, 2.24) is 5.32 Å². The molecule has 1 N–H and O–H groups in total. The number of methoxy groups -OCH3 is 3. The van der Waals surface area contributed by atoms with E-state index in [-0.39, 0.29) is 0 Å². The first kappa shape index (κ1) is 15.0. The molecule has 4 heteroatoms. The standard InChI is InChI=1S/C16H25NO3/c1-5-13(12-6-7-12)17-10-11-8-14(18-2)16(20-4)15(9-11)19-3/h8-9,12-13,17H,5-7,10H2,1-4H3. The number of rotatable bonds is 8. The van der Waals surface area contributed by atoms with Crippen LogP contribution in [0.3, 0.4) is 0 Å². The summed E-state index contributed by atoms with van der Waals surface area (Å²) >= 11 is 0. The van der Waals surface area contributed by atoms with Crippen molar-refractivity contribution in [1.29, 1.82) is 0 Å². The second-order valence-electron chi connectivity index (χ2n) is 5.27. The number of nitrogens with one attached hydrogen (secondary N) is 1. The number of hydrogen-bond donors (Lipinski definition) is 1. The molecular weight excluding hydrogens is 254 g/mol. The molecule has 112 valence electrons. The lowest BCUT2D eigenvalue weighted by Crippen LogP contribution is -2.29. The highest BCUT2D eigenvalue weighted by atomic mass is 16.5. The van der Waals surface area contributed by atoms with E-state index in [2.05, 4.69) is 12.2 Å². The summed E-state index contributed by atoms with van der Waals surface area (Å²) in [5.41, 5.74) is 1.15. The highest BCUT2D eigenvalue weighted by Crippen LogP contribution is 2.38. The van der Waals surface area contributed by atoms with E-state index in [0.29, 0.717) is 23.3 Å². The Morgan fingerprint density at radius 3 is 2.10 bits per heavy atom. The molecule has 4 nitrogen and oxygen atoms in total. The monoisotopic (exact) mass is 279 g/mol. The smallest absolute Gasteiger partial charge is 0.203 e. The minimum Gasteiger partial charge on any atom is -0.493 e. The lowest BCUT2D eigenvalue weighted by Gasteiger charge is -2.18. The van der Waals surface area contributed by atoms with Gasteiger partial charge in [-0.1, -0.05) is 6.92 Å². The zero-order chi connectivity index (χ0) is 14.5. The van der Waals surface area contributed by atoms with Crippen molar-refractivity contribution in [3.63, 3.8) is 0 Å². The Hall–Kier alpha value is -1.42. The first-order valence-electron chi connectivity index (χ1n) is 7.25. The molecule has 0 bridgehead atoms. The molecule has 0 spiro atoms. The first-order chi connectivity index (χ1) is 9.73. The second-order valence-corrected chi connectivity index (χ2v) is 5.27. The van der Waals surface area contributed by atoms with Crippen molar-refractivity contribution in [3.8, 4) is 17.2 Å². The van der Waals surface area contributed by atoms with Gasteiger partial charge in [0.2, 0.25) is 5.75 Å². The van der Waals surface area contributed by atoms with Crippen LogP contribution in [0.4, 0.5) is 0 Å². The molecule has 1 unspecified atom stereocenters. The Labute approximate surface area is 121 Å². The Balaban J connectivity index is 2.10. The summed E-state index contributed by atoms with van der Waals surface area (Å²) in [4.78, 5) is 0. The minimum atomic E-state index is 0.620. The van der Waals surface area contributed by atoms with Crippen LogP contribution in [0.25, 0.3) is 0 Å². The molecule has 1 aromatic rings. The maximum absolute atomic E-state index is 5.38. The minimum absolute atomic E-state index is 0.620. The normalized spacial score (nSPS) is 15.8. The number of hydrogen-bond acceptors (Lipinski definition) is 4. The summed E-state index contributed by atoms with van der Waals surface area (Å²) in [6, 6.07) is 4.64. The summed E-state index contributed by atoms with van der Waals surface area (Å²) < 4.78 is 16.1. The van der Waals surface area contributed by atoms with Gasteiger partial charge in [-0.25, -0.2) is 0 Å². The quantitative estimate of drug-likeness (QED) is 0.794. The van der Waals surface area contributed by atoms with Gasteiger partial charge in [0.15, 0.2) is 11.5 Å². The van der Waals surface area contributed by atoms with Crippen LogP contribution in [-0.4, -0.2) is 27.4 Å². The van der Waals surface area contributed by atoms with Crippen LogP contribution in [0, 0.1) is 5.92 Å². The topological polar surface area (TPSA) is 39.7 Å². The zero-order valence-corrected chi connectivity index (χ0v) is 12.9. The third-order valence-electron chi connectivity index (χ3n) is 3.92. The first-order valence-corrected chi connectivity index (χ1v) is 7.25. The molecular formula is C16H25NO3. The molecule has 1 fully saturated rings. The SMILES string of the molecule is CCC(NCc1cc(OC)c(OC)c(OC)c1)C1CC1. The van der Waals surface area contributed by atoms with Crippen LogP contribution in [0.5, 0.6) is 17.2 Å². The Kier molecular flexibility index (Phi) is 5.12. The van der Waals surface area contributed by atoms with E-state index in [9.17, 15) is 0 Å². The van der Waals surface area contributed by atoms with Gasteiger partial charge in [0.05, 0.1) is 21.3 Å². The number of benzene rings is 1. The molecule has 0 aliphatic heterocycles. The fraction of sp³-hybridized carbons (Fsp3) is 0.625. The molecule has 20 heavy (non-hydrogen) atoms. The molecule has 2 rings (SSSR count). The van der Waals surface area contributed by atoms with Crippen LogP contribution >= 0.6 is 0 Å². The Bertz CT molecular complexity index is 418. The van der Waals surface area contributed by atoms with E-state index in [1.54, 1.807) is 21.3 Å². The number of ether oxygens (including phenoxy) is 3. The van der Waals surface area contributed by atoms with E-state index in [4.69, 9.17) is 14.2 Å². The van der Waals surface area contributed by atoms with Gasteiger partial charge in [-0.05, 0) is 42.9 Å². The predicted molar refractivity (Wildman–Crippen MR) is 79.7 cm³/mol. The van der Waals surface area contributed by atoms with E-state index in [1.807, 2.05) is 12.1 Å². The molecule has 1 saturated carbocycles. The lowest BCUT2D eigenvalue weighted by atomic mass is 10.1. The predicted octanol–water partition coefficient (Wildman–Crippen LogP) is 2.99. The summed E-state index contributed by atoms with van der Waals surface area (Å²) in [6.45, 7) is 3.07. The molecule has 0 aromatic heterocycles. The molecule has 1 aromatic carbocycles. The fourth-order valence-corrected chi connectivity index (χ4v) is 2.63. The van der Waals surface area contributed by atoms with Gasteiger partial charge in [0.1, 0.15) is 0 Å². The van der Waals surface area contributed by atoms with Crippen molar-refractivity contribution in [2.45, 2.75) is 38.8 Å². The fourth-order valence-electron chi connectivity index (χ4n) is 2.63. The molecule has 1 atom stereocenters. The Morgan fingerprint density at radius 2 is 1.70 bits per heavy atom. The van der Waals surface area contributed by atoms with E-state index >= 15 is 0 Å². The van der Waals surface area contributed by atoms with Gasteiger partial charge >= 0.3 is 0 Å². The van der Waals surface area contributed by atoms with Crippen LogP contribution in [0.1, 0.15) is 31.7 Å². The highest BCUT2D eigenvalue weighted by molar-refractivity contribution is 5.53. The molecule has 0 heterocycles. The van der Waals surface area contributed by atoms with Crippen LogP contribution in [0.2, 0.25) is 0 Å². The summed E-state index contributed by atoms with van der Waals surface area (Å²) in [5.74, 6) is 2.93. The van der Waals surface area contributed by atoms with Gasteiger partial charge in [-0.3, -0.25) is 0 Å². The maximum Gasteiger partial charge on any atom is 0.203 e. The van der Waals surface area contributed by atoms with Gasteiger partial charge < -0.3 is 19.5 Å². The van der Waals surface area contributed by atoms with Crippen molar-refractivity contribution < 1.29 is 14.2 Å². The van der Waals surface area contributed by atoms with Crippen LogP contribution in [0.15, 0.2) is 12.1 Å². The molecule has 1 aliphatic rings. The second kappa shape index (κ2) is 6.84. The average molecular weight is 279 g/mol. The molecule has 1 aliphatic carbocycles. The lowest BCUT2D eigenvalue weighted by molar-refractivity contribution is 0.323. The van der Waals surface area contributed by atoms with E-state index in [0.717, 1.165) is 18.0 Å².